The van der Waals surface area contributed by atoms with Crippen LogP contribution in [0.5, 0.6) is 11.5 Å². The van der Waals surface area contributed by atoms with E-state index >= 15 is 0 Å². The molecule has 0 aliphatic rings. The molecule has 0 aromatic heterocycles. The molecule has 2 rings (SSSR count). The minimum Gasteiger partial charge on any atom is -0.456 e. The number of nitrogens with zero attached hydrogens (tertiary/aromatic N) is 1. The van der Waals surface area contributed by atoms with Gasteiger partial charge in [-0.25, -0.2) is 0 Å². The summed E-state index contributed by atoms with van der Waals surface area (Å²) in [5.41, 5.74) is 1.83. The maximum absolute atomic E-state index is 9.16. The van der Waals surface area contributed by atoms with Gasteiger partial charge in [0.25, 0.3) is 0 Å². The molecule has 0 fully saturated rings. The topological polar surface area (TPSA) is 33.0 Å². The van der Waals surface area contributed by atoms with E-state index in [4.69, 9.17) is 10.00 Å². The molecule has 0 aliphatic carbocycles. The minimum atomic E-state index is 0.516. The van der Waals surface area contributed by atoms with Gasteiger partial charge < -0.3 is 4.74 Å². The summed E-state index contributed by atoms with van der Waals surface area (Å²) in [6.07, 6.45) is 3.49. The molecule has 102 valence electrons. The number of hydrogen-bond donors (Lipinski definition) is 0. The number of ether oxygens (including phenoxy) is 1. The Morgan fingerprint density at radius 1 is 1.15 bits per heavy atom. The number of halogens is 1. The van der Waals surface area contributed by atoms with E-state index in [1.807, 2.05) is 24.3 Å². The molecule has 0 saturated heterocycles. The zero-order valence-corrected chi connectivity index (χ0v) is 13.0. The van der Waals surface area contributed by atoms with Crippen LogP contribution in [0.4, 0.5) is 0 Å². The standard InChI is InChI=1S/C17H16BrNO/c1-2-3-5-13-8-10-14(11-9-13)20-17-7-4-6-16(18)15(17)12-19/h4,6-11H,2-3,5H2,1H3. The largest absolute Gasteiger partial charge is 0.456 e. The van der Waals surface area contributed by atoms with Crippen molar-refractivity contribution in [2.75, 3.05) is 0 Å². The van der Waals surface area contributed by atoms with Gasteiger partial charge in [-0.05, 0) is 58.6 Å². The smallest absolute Gasteiger partial charge is 0.146 e. The number of aryl methyl sites for hydroxylation is 1. The maximum atomic E-state index is 9.16. The molecule has 0 atom stereocenters. The third-order valence-corrected chi connectivity index (χ3v) is 3.72. The number of nitriles is 1. The first-order valence-electron chi connectivity index (χ1n) is 6.70. The van der Waals surface area contributed by atoms with Crippen LogP contribution in [-0.2, 0) is 6.42 Å². The van der Waals surface area contributed by atoms with Crippen LogP contribution in [0, 0.1) is 11.3 Å². The van der Waals surface area contributed by atoms with Gasteiger partial charge in [-0.15, -0.1) is 0 Å². The van der Waals surface area contributed by atoms with Crippen LogP contribution in [0.3, 0.4) is 0 Å². The summed E-state index contributed by atoms with van der Waals surface area (Å²) in [7, 11) is 0. The molecule has 0 unspecified atom stereocenters. The Hall–Kier alpha value is -1.79. The van der Waals surface area contributed by atoms with E-state index < -0.39 is 0 Å². The van der Waals surface area contributed by atoms with Crippen LogP contribution >= 0.6 is 15.9 Å². The Balaban J connectivity index is 2.15. The van der Waals surface area contributed by atoms with Gasteiger partial charge in [-0.1, -0.05) is 31.5 Å². The van der Waals surface area contributed by atoms with Gasteiger partial charge in [-0.2, -0.15) is 5.26 Å². The molecule has 2 aromatic carbocycles. The minimum absolute atomic E-state index is 0.516. The van der Waals surface area contributed by atoms with E-state index in [0.29, 0.717) is 11.3 Å². The summed E-state index contributed by atoms with van der Waals surface area (Å²) < 4.78 is 6.54. The molecule has 3 heteroatoms. The molecular formula is C17H16BrNO. The Labute approximate surface area is 128 Å². The van der Waals surface area contributed by atoms with Gasteiger partial charge in [0.2, 0.25) is 0 Å². The first-order valence-corrected chi connectivity index (χ1v) is 7.49. The Morgan fingerprint density at radius 2 is 1.90 bits per heavy atom. The lowest BCUT2D eigenvalue weighted by molar-refractivity contribution is 0.480. The number of hydrogen-bond acceptors (Lipinski definition) is 2. The Kier molecular flexibility index (Phi) is 5.20. The fourth-order valence-electron chi connectivity index (χ4n) is 1.93. The lowest BCUT2D eigenvalue weighted by Gasteiger charge is -2.09. The van der Waals surface area contributed by atoms with Gasteiger partial charge >= 0.3 is 0 Å². The first kappa shape index (κ1) is 14.6. The fraction of sp³-hybridized carbons (Fsp3) is 0.235. The van der Waals surface area contributed by atoms with Gasteiger partial charge in [-0.3, -0.25) is 0 Å². The summed E-state index contributed by atoms with van der Waals surface area (Å²) in [4.78, 5) is 0. The summed E-state index contributed by atoms with van der Waals surface area (Å²) in [5.74, 6) is 1.32. The number of rotatable bonds is 5. The normalized spacial score (nSPS) is 10.1. The molecule has 2 nitrogen and oxygen atoms in total. The van der Waals surface area contributed by atoms with Crippen LogP contribution in [0.15, 0.2) is 46.9 Å². The highest BCUT2D eigenvalue weighted by atomic mass is 79.9. The molecule has 0 heterocycles. The summed E-state index contributed by atoms with van der Waals surface area (Å²) in [6, 6.07) is 15.7. The van der Waals surface area contributed by atoms with Crippen LogP contribution in [0.25, 0.3) is 0 Å². The quantitative estimate of drug-likeness (QED) is 0.730. The van der Waals surface area contributed by atoms with Crippen molar-refractivity contribution in [3.8, 4) is 17.6 Å². The van der Waals surface area contributed by atoms with Crippen molar-refractivity contribution in [2.24, 2.45) is 0 Å². The summed E-state index contributed by atoms with van der Waals surface area (Å²) >= 11 is 3.36. The van der Waals surface area contributed by atoms with Gasteiger partial charge in [0.15, 0.2) is 0 Å². The van der Waals surface area contributed by atoms with Crippen LogP contribution in [0.2, 0.25) is 0 Å². The van der Waals surface area contributed by atoms with Crippen LogP contribution in [0.1, 0.15) is 30.9 Å². The zero-order chi connectivity index (χ0) is 14.4. The monoisotopic (exact) mass is 329 g/mol. The number of benzene rings is 2. The van der Waals surface area contributed by atoms with Crippen molar-refractivity contribution >= 4 is 15.9 Å². The highest BCUT2D eigenvalue weighted by molar-refractivity contribution is 9.10. The molecule has 0 aliphatic heterocycles. The molecule has 0 amide bonds. The van der Waals surface area contributed by atoms with E-state index in [9.17, 15) is 0 Å². The second-order valence-electron chi connectivity index (χ2n) is 4.57. The predicted octanol–water partition coefficient (Wildman–Crippen LogP) is 5.46. The van der Waals surface area contributed by atoms with E-state index in [2.05, 4.69) is 41.1 Å². The average Bonchev–Trinajstić information content (AvgIpc) is 2.47. The van der Waals surface area contributed by atoms with E-state index in [1.54, 1.807) is 6.07 Å². The van der Waals surface area contributed by atoms with E-state index in [0.717, 1.165) is 16.6 Å². The van der Waals surface area contributed by atoms with Crippen molar-refractivity contribution in [3.05, 3.63) is 58.1 Å². The van der Waals surface area contributed by atoms with Gasteiger partial charge in [0.05, 0.1) is 0 Å². The van der Waals surface area contributed by atoms with Crippen molar-refractivity contribution in [1.82, 2.24) is 0 Å². The first-order chi connectivity index (χ1) is 9.74. The lowest BCUT2D eigenvalue weighted by Crippen LogP contribution is -1.90. The molecule has 0 N–H and O–H groups in total. The van der Waals surface area contributed by atoms with Crippen molar-refractivity contribution < 1.29 is 4.74 Å². The lowest BCUT2D eigenvalue weighted by atomic mass is 10.1. The average molecular weight is 330 g/mol. The molecular weight excluding hydrogens is 314 g/mol. The van der Waals surface area contributed by atoms with Gasteiger partial charge in [0, 0.05) is 4.47 Å². The van der Waals surface area contributed by atoms with Crippen molar-refractivity contribution in [1.29, 1.82) is 5.26 Å². The zero-order valence-electron chi connectivity index (χ0n) is 11.4. The highest BCUT2D eigenvalue weighted by Gasteiger charge is 2.08. The fourth-order valence-corrected chi connectivity index (χ4v) is 2.37. The molecule has 0 radical (unpaired) electrons. The number of unbranched alkanes of at least 4 members (excludes halogenated alkanes) is 1. The van der Waals surface area contributed by atoms with E-state index in [-0.39, 0.29) is 0 Å². The van der Waals surface area contributed by atoms with Gasteiger partial charge in [0.1, 0.15) is 23.1 Å². The second-order valence-corrected chi connectivity index (χ2v) is 5.43. The molecule has 20 heavy (non-hydrogen) atoms. The molecule has 0 saturated carbocycles. The Morgan fingerprint density at radius 3 is 2.55 bits per heavy atom. The third-order valence-electron chi connectivity index (χ3n) is 3.06. The van der Waals surface area contributed by atoms with E-state index in [1.165, 1.54) is 18.4 Å². The van der Waals surface area contributed by atoms with Crippen LogP contribution < -0.4 is 4.74 Å². The summed E-state index contributed by atoms with van der Waals surface area (Å²) in [6.45, 7) is 2.19. The third kappa shape index (κ3) is 3.61. The second kappa shape index (κ2) is 7.12. The molecule has 2 aromatic rings. The maximum Gasteiger partial charge on any atom is 0.146 e. The van der Waals surface area contributed by atoms with Crippen LogP contribution in [-0.4, -0.2) is 0 Å². The predicted molar refractivity (Wildman–Crippen MR) is 84.0 cm³/mol. The highest BCUT2D eigenvalue weighted by Crippen LogP contribution is 2.30. The SMILES string of the molecule is CCCCc1ccc(Oc2cccc(Br)c2C#N)cc1. The molecule has 0 bridgehead atoms. The summed E-state index contributed by atoms with van der Waals surface area (Å²) in [5, 5.41) is 9.16. The molecule has 0 spiro atoms. The van der Waals surface area contributed by atoms with Crippen molar-refractivity contribution in [2.45, 2.75) is 26.2 Å². The van der Waals surface area contributed by atoms with Crippen molar-refractivity contribution in [3.63, 3.8) is 0 Å². The Bertz CT molecular complexity index is 614.